The van der Waals surface area contributed by atoms with Crippen LogP contribution in [-0.2, 0) is 9.47 Å². The topological polar surface area (TPSA) is 73.9 Å². The number of hydrogen-bond donors (Lipinski definition) is 1. The lowest BCUT2D eigenvalue weighted by molar-refractivity contribution is 0.0522. The molecule has 0 radical (unpaired) electrons. The van der Waals surface area contributed by atoms with Crippen LogP contribution < -0.4 is 10.1 Å². The molecule has 1 N–H and O–H groups in total. The van der Waals surface area contributed by atoms with Crippen molar-refractivity contribution in [2.45, 2.75) is 51.7 Å². The average molecular weight is 321 g/mol. The number of nitrogens with one attached hydrogen (secondary N) is 1. The first-order valence-electron chi connectivity index (χ1n) is 7.72. The van der Waals surface area contributed by atoms with E-state index in [9.17, 15) is 9.59 Å². The molecule has 1 aliphatic rings. The Balaban J connectivity index is 1.89. The summed E-state index contributed by atoms with van der Waals surface area (Å²) in [5.74, 6) is 0.636. The lowest BCUT2D eigenvalue weighted by Gasteiger charge is -2.19. The van der Waals surface area contributed by atoms with E-state index in [0.29, 0.717) is 5.75 Å². The van der Waals surface area contributed by atoms with E-state index in [2.05, 4.69) is 5.32 Å². The van der Waals surface area contributed by atoms with Crippen LogP contribution >= 0.6 is 0 Å². The van der Waals surface area contributed by atoms with Crippen LogP contribution in [0.4, 0.5) is 9.59 Å². The summed E-state index contributed by atoms with van der Waals surface area (Å²) >= 11 is 0. The Morgan fingerprint density at radius 3 is 2.70 bits per heavy atom. The van der Waals surface area contributed by atoms with Gasteiger partial charge in [-0.05, 0) is 51.8 Å². The number of alkyl carbamates (subject to hydrolysis) is 1. The van der Waals surface area contributed by atoms with Gasteiger partial charge in [-0.2, -0.15) is 0 Å². The number of carbonyl (C=O) groups is 2. The Morgan fingerprint density at radius 1 is 1.30 bits per heavy atom. The van der Waals surface area contributed by atoms with Crippen LogP contribution in [0.2, 0.25) is 0 Å². The summed E-state index contributed by atoms with van der Waals surface area (Å²) in [5.41, 5.74) is 0.495. The number of carbonyl (C=O) groups excluding carboxylic acids is 2. The van der Waals surface area contributed by atoms with Crippen molar-refractivity contribution in [2.24, 2.45) is 0 Å². The van der Waals surface area contributed by atoms with Gasteiger partial charge in [-0.25, -0.2) is 9.59 Å². The predicted octanol–water partition coefficient (Wildman–Crippen LogP) is 3.60. The molecular weight excluding hydrogens is 298 g/mol. The van der Waals surface area contributed by atoms with Crippen molar-refractivity contribution in [2.75, 3.05) is 6.61 Å². The van der Waals surface area contributed by atoms with Gasteiger partial charge in [0.25, 0.3) is 0 Å². The Labute approximate surface area is 136 Å². The van der Waals surface area contributed by atoms with Crippen LogP contribution in [0, 0.1) is 0 Å². The first-order valence-corrected chi connectivity index (χ1v) is 7.72. The van der Waals surface area contributed by atoms with Gasteiger partial charge in [0, 0.05) is 12.0 Å². The standard InChI is InChI=1S/C17H23NO5/c1-5-21-16(20)22-12-8-6-7-11(9-12)13-10-14(13)18-15(19)23-17(2,3)4/h6-9,13-14H,5,10H2,1-4H3,(H,18,19)/t13-,14+/m0/s1. The maximum atomic E-state index is 11.8. The molecule has 1 aliphatic carbocycles. The van der Waals surface area contributed by atoms with E-state index in [0.717, 1.165) is 12.0 Å². The zero-order valence-corrected chi connectivity index (χ0v) is 13.9. The molecule has 126 valence electrons. The minimum absolute atomic E-state index is 0.0442. The van der Waals surface area contributed by atoms with Crippen LogP contribution in [-0.4, -0.2) is 30.5 Å². The van der Waals surface area contributed by atoms with E-state index in [-0.39, 0.29) is 18.6 Å². The Bertz CT molecular complexity index is 579. The molecule has 2 atom stereocenters. The van der Waals surface area contributed by atoms with Crippen LogP contribution in [0.5, 0.6) is 5.75 Å². The van der Waals surface area contributed by atoms with E-state index in [4.69, 9.17) is 14.2 Å². The van der Waals surface area contributed by atoms with Gasteiger partial charge in [0.2, 0.25) is 0 Å². The normalized spacial score (nSPS) is 19.7. The SMILES string of the molecule is CCOC(=O)Oc1cccc([C@@H]2C[C@H]2NC(=O)OC(C)(C)C)c1. The van der Waals surface area contributed by atoms with Gasteiger partial charge in [-0.1, -0.05) is 12.1 Å². The summed E-state index contributed by atoms with van der Waals surface area (Å²) < 4.78 is 15.1. The van der Waals surface area contributed by atoms with Crippen molar-refractivity contribution in [3.05, 3.63) is 29.8 Å². The zero-order valence-electron chi connectivity index (χ0n) is 13.9. The molecule has 0 aromatic heterocycles. The molecule has 0 unspecified atom stereocenters. The van der Waals surface area contributed by atoms with Crippen LogP contribution in [0.3, 0.4) is 0 Å². The smallest absolute Gasteiger partial charge is 0.444 e. The van der Waals surface area contributed by atoms with E-state index in [1.165, 1.54) is 0 Å². The van der Waals surface area contributed by atoms with Crippen LogP contribution in [0.25, 0.3) is 0 Å². The molecule has 6 heteroatoms. The second-order valence-corrected chi connectivity index (χ2v) is 6.45. The van der Waals surface area contributed by atoms with E-state index < -0.39 is 17.8 Å². The van der Waals surface area contributed by atoms with Crippen molar-refractivity contribution in [3.63, 3.8) is 0 Å². The van der Waals surface area contributed by atoms with Gasteiger partial charge >= 0.3 is 12.2 Å². The number of benzene rings is 1. The number of rotatable bonds is 4. The molecule has 23 heavy (non-hydrogen) atoms. The number of amides is 1. The monoisotopic (exact) mass is 321 g/mol. The van der Waals surface area contributed by atoms with Crippen molar-refractivity contribution in [1.29, 1.82) is 0 Å². The van der Waals surface area contributed by atoms with Crippen molar-refractivity contribution < 1.29 is 23.8 Å². The van der Waals surface area contributed by atoms with Gasteiger partial charge in [0.1, 0.15) is 11.4 Å². The summed E-state index contributed by atoms with van der Waals surface area (Å²) in [4.78, 5) is 23.1. The first-order chi connectivity index (χ1) is 10.8. The summed E-state index contributed by atoms with van der Waals surface area (Å²) in [6, 6.07) is 7.28. The Morgan fingerprint density at radius 2 is 2.04 bits per heavy atom. The van der Waals surface area contributed by atoms with Crippen molar-refractivity contribution in [3.8, 4) is 5.75 Å². The van der Waals surface area contributed by atoms with Gasteiger partial charge in [-0.15, -0.1) is 0 Å². The van der Waals surface area contributed by atoms with Gasteiger partial charge < -0.3 is 19.5 Å². The first kappa shape index (κ1) is 17.1. The Kier molecular flexibility index (Phi) is 5.13. The highest BCUT2D eigenvalue weighted by molar-refractivity contribution is 5.69. The lowest BCUT2D eigenvalue weighted by Crippen LogP contribution is -2.34. The fourth-order valence-corrected chi connectivity index (χ4v) is 2.23. The predicted molar refractivity (Wildman–Crippen MR) is 84.6 cm³/mol. The molecule has 0 saturated heterocycles. The fraction of sp³-hybridized carbons (Fsp3) is 0.529. The molecule has 0 spiro atoms. The largest absolute Gasteiger partial charge is 0.513 e. The zero-order chi connectivity index (χ0) is 17.0. The molecule has 1 aromatic rings. The molecule has 1 aromatic carbocycles. The third kappa shape index (κ3) is 5.47. The Hall–Kier alpha value is -2.24. The second kappa shape index (κ2) is 6.89. The summed E-state index contributed by atoms with van der Waals surface area (Å²) in [6.45, 7) is 7.46. The molecule has 1 saturated carbocycles. The third-order valence-electron chi connectivity index (χ3n) is 3.24. The molecule has 0 bridgehead atoms. The molecule has 0 heterocycles. The summed E-state index contributed by atoms with van der Waals surface area (Å²) in [7, 11) is 0. The molecule has 6 nitrogen and oxygen atoms in total. The summed E-state index contributed by atoms with van der Waals surface area (Å²) in [5, 5.41) is 2.85. The molecule has 1 amide bonds. The van der Waals surface area contributed by atoms with Crippen LogP contribution in [0.1, 0.15) is 45.6 Å². The van der Waals surface area contributed by atoms with Crippen molar-refractivity contribution in [1.82, 2.24) is 5.32 Å². The number of hydrogen-bond acceptors (Lipinski definition) is 5. The minimum Gasteiger partial charge on any atom is -0.444 e. The fourth-order valence-electron chi connectivity index (χ4n) is 2.23. The van der Waals surface area contributed by atoms with Gasteiger partial charge in [-0.3, -0.25) is 0 Å². The molecule has 1 fully saturated rings. The van der Waals surface area contributed by atoms with E-state index in [1.54, 1.807) is 19.1 Å². The van der Waals surface area contributed by atoms with Crippen LogP contribution in [0.15, 0.2) is 24.3 Å². The highest BCUT2D eigenvalue weighted by atomic mass is 16.7. The lowest BCUT2D eigenvalue weighted by atomic mass is 10.1. The minimum atomic E-state index is -0.719. The molecule has 0 aliphatic heterocycles. The average Bonchev–Trinajstić information content (AvgIpc) is 3.16. The van der Waals surface area contributed by atoms with E-state index >= 15 is 0 Å². The second-order valence-electron chi connectivity index (χ2n) is 6.45. The number of ether oxygens (including phenoxy) is 3. The highest BCUT2D eigenvalue weighted by Gasteiger charge is 2.40. The quantitative estimate of drug-likeness (QED) is 0.677. The maximum absolute atomic E-state index is 11.8. The van der Waals surface area contributed by atoms with E-state index in [1.807, 2.05) is 32.9 Å². The van der Waals surface area contributed by atoms with Gasteiger partial charge in [0.05, 0.1) is 6.61 Å². The molecule has 2 rings (SSSR count). The van der Waals surface area contributed by atoms with Gasteiger partial charge in [0.15, 0.2) is 0 Å². The highest BCUT2D eigenvalue weighted by Crippen LogP contribution is 2.41. The summed E-state index contributed by atoms with van der Waals surface area (Å²) in [6.07, 6.45) is -0.296. The maximum Gasteiger partial charge on any atom is 0.513 e. The molecular formula is C17H23NO5. The third-order valence-corrected chi connectivity index (χ3v) is 3.24. The van der Waals surface area contributed by atoms with Crippen molar-refractivity contribution >= 4 is 12.2 Å².